The fourth-order valence-corrected chi connectivity index (χ4v) is 7.58. The molecule has 0 unspecified atom stereocenters. The maximum Gasteiger partial charge on any atom is 0.222 e. The SMILES string of the molecule is CCO.CCO.CCc1cnn2c(NCc3cnc(NCc4cnn5c(NCc6ccc7c(c6)ncn7C)cc(N6CCCCC6)nc45)nc3)cc(N3CCCCC3)nc12. The first-order chi connectivity index (χ1) is 29.4. The second-order valence-corrected chi connectivity index (χ2v) is 15.0. The molecule has 17 heteroatoms. The minimum atomic E-state index is 0.250. The summed E-state index contributed by atoms with van der Waals surface area (Å²) in [6, 6.07) is 10.6. The zero-order chi connectivity index (χ0) is 41.8. The summed E-state index contributed by atoms with van der Waals surface area (Å²) in [7, 11) is 2.02. The number of benzene rings is 1. The van der Waals surface area contributed by atoms with Gasteiger partial charge in [0, 0.05) is 107 Å². The van der Waals surface area contributed by atoms with Gasteiger partial charge in [-0.3, -0.25) is 0 Å². The van der Waals surface area contributed by atoms with E-state index in [9.17, 15) is 0 Å². The lowest BCUT2D eigenvalue weighted by molar-refractivity contribution is 0.318. The Hall–Kier alpha value is -6.07. The molecule has 318 valence electrons. The third-order valence-electron chi connectivity index (χ3n) is 10.7. The molecule has 0 saturated carbocycles. The number of nitrogens with one attached hydrogen (secondary N) is 3. The molecule has 2 aliphatic heterocycles. The first-order valence-electron chi connectivity index (χ1n) is 21.3. The maximum atomic E-state index is 7.57. The number of nitrogens with zero attached hydrogens (tertiary/aromatic N) is 12. The van der Waals surface area contributed by atoms with Crippen molar-refractivity contribution < 1.29 is 10.2 Å². The Labute approximate surface area is 350 Å². The number of aromatic nitrogens is 10. The Balaban J connectivity index is 0.000000858. The van der Waals surface area contributed by atoms with E-state index in [0.717, 1.165) is 100 Å². The van der Waals surface area contributed by atoms with Crippen LogP contribution in [0.1, 0.15) is 81.5 Å². The van der Waals surface area contributed by atoms with Crippen molar-refractivity contribution in [2.45, 2.75) is 85.4 Å². The van der Waals surface area contributed by atoms with Gasteiger partial charge in [-0.05, 0) is 76.5 Å². The molecule has 0 atom stereocenters. The van der Waals surface area contributed by atoms with Crippen LogP contribution in [-0.2, 0) is 33.1 Å². The summed E-state index contributed by atoms with van der Waals surface area (Å²) in [5, 5.41) is 35.2. The van der Waals surface area contributed by atoms with E-state index in [4.69, 9.17) is 25.3 Å². The molecule has 17 nitrogen and oxygen atoms in total. The van der Waals surface area contributed by atoms with Crippen molar-refractivity contribution in [3.63, 3.8) is 0 Å². The van der Waals surface area contributed by atoms with Crippen molar-refractivity contribution in [1.29, 1.82) is 0 Å². The Morgan fingerprint density at radius 1 is 0.600 bits per heavy atom. The summed E-state index contributed by atoms with van der Waals surface area (Å²) in [6.45, 7) is 11.8. The molecule has 7 aromatic rings. The van der Waals surface area contributed by atoms with Gasteiger partial charge in [-0.15, -0.1) is 0 Å². The van der Waals surface area contributed by atoms with Crippen LogP contribution in [0.3, 0.4) is 0 Å². The molecule has 1 aromatic carbocycles. The number of imidazole rings is 1. The molecule has 8 heterocycles. The highest BCUT2D eigenvalue weighted by molar-refractivity contribution is 5.76. The number of hydrogen-bond acceptors (Lipinski definition) is 14. The van der Waals surface area contributed by atoms with E-state index >= 15 is 0 Å². The molecule has 9 rings (SSSR count). The van der Waals surface area contributed by atoms with E-state index in [-0.39, 0.29) is 13.2 Å². The summed E-state index contributed by atoms with van der Waals surface area (Å²) in [4.78, 5) is 28.8. The number of anilines is 5. The summed E-state index contributed by atoms with van der Waals surface area (Å²) < 4.78 is 5.84. The molecule has 0 amide bonds. The van der Waals surface area contributed by atoms with E-state index in [0.29, 0.717) is 25.6 Å². The van der Waals surface area contributed by atoms with Gasteiger partial charge in [0.05, 0.1) is 29.8 Å². The van der Waals surface area contributed by atoms with Crippen LogP contribution in [0, 0.1) is 0 Å². The molecule has 60 heavy (non-hydrogen) atoms. The molecular weight excluding hydrogens is 759 g/mol. The normalized spacial score (nSPS) is 14.2. The van der Waals surface area contributed by atoms with Crippen LogP contribution in [0.2, 0.25) is 0 Å². The third kappa shape index (κ3) is 9.85. The van der Waals surface area contributed by atoms with Gasteiger partial charge in [-0.2, -0.15) is 19.2 Å². The molecule has 0 bridgehead atoms. The van der Waals surface area contributed by atoms with Crippen LogP contribution >= 0.6 is 0 Å². The monoisotopic (exact) mass is 817 g/mol. The molecular formula is C43H59N15O2. The Morgan fingerprint density at radius 2 is 1.13 bits per heavy atom. The van der Waals surface area contributed by atoms with E-state index in [1.54, 1.807) is 13.8 Å². The third-order valence-corrected chi connectivity index (χ3v) is 10.7. The topological polar surface area (TPSA) is 187 Å². The molecule has 2 fully saturated rings. The van der Waals surface area contributed by atoms with Crippen molar-refractivity contribution in [2.24, 2.45) is 7.05 Å². The van der Waals surface area contributed by atoms with Crippen molar-refractivity contribution in [1.82, 2.24) is 48.7 Å². The average molecular weight is 818 g/mol. The van der Waals surface area contributed by atoms with Crippen LogP contribution in [-0.4, -0.2) is 98.3 Å². The summed E-state index contributed by atoms with van der Waals surface area (Å²) >= 11 is 0. The molecule has 0 spiro atoms. The lowest BCUT2D eigenvalue weighted by Gasteiger charge is -2.28. The van der Waals surface area contributed by atoms with E-state index in [2.05, 4.69) is 83.1 Å². The van der Waals surface area contributed by atoms with Crippen molar-refractivity contribution >= 4 is 51.5 Å². The maximum absolute atomic E-state index is 7.57. The minimum Gasteiger partial charge on any atom is -0.397 e. The van der Waals surface area contributed by atoms with Gasteiger partial charge in [0.1, 0.15) is 23.3 Å². The molecule has 0 aliphatic carbocycles. The van der Waals surface area contributed by atoms with Crippen LogP contribution in [0.25, 0.3) is 22.3 Å². The van der Waals surface area contributed by atoms with Gasteiger partial charge in [-0.1, -0.05) is 13.0 Å². The quantitative estimate of drug-likeness (QED) is 0.0992. The Bertz CT molecular complexity index is 2430. The first-order valence-corrected chi connectivity index (χ1v) is 21.3. The van der Waals surface area contributed by atoms with Crippen LogP contribution < -0.4 is 25.8 Å². The van der Waals surface area contributed by atoms with Gasteiger partial charge in [0.2, 0.25) is 5.95 Å². The van der Waals surface area contributed by atoms with Crippen molar-refractivity contribution in [2.75, 3.05) is 65.1 Å². The number of piperidine rings is 2. The number of fused-ring (bicyclic) bond motifs is 3. The van der Waals surface area contributed by atoms with Gasteiger partial charge in [0.15, 0.2) is 11.3 Å². The summed E-state index contributed by atoms with van der Waals surface area (Å²) in [6.07, 6.45) is 17.5. The lowest BCUT2D eigenvalue weighted by Crippen LogP contribution is -2.30. The standard InChI is InChI=1S/C39H47N15.2C2H6O/c1-3-29-24-46-53-34(18-35(48-37(29)53)51-12-6-4-7-13-51)41-20-28-21-42-39(43-22-28)44-23-30-25-47-54-33(17-36(49-38(30)54)52-14-8-5-9-15-52)40-19-27-10-11-32-31(16-27)45-26-50(32)2;2*1-2-3/h10-11,16-18,21-22,24-26,40-41H,3-9,12-15,19-20,23H2,1-2H3,(H,42,43,44);2*3H,2H2,1H3. The highest BCUT2D eigenvalue weighted by Gasteiger charge is 2.19. The van der Waals surface area contributed by atoms with Gasteiger partial charge in [-0.25, -0.2) is 24.9 Å². The minimum absolute atomic E-state index is 0.250. The van der Waals surface area contributed by atoms with Crippen molar-refractivity contribution in [3.05, 3.63) is 83.7 Å². The van der Waals surface area contributed by atoms with E-state index < -0.39 is 0 Å². The van der Waals surface area contributed by atoms with Gasteiger partial charge in [0.25, 0.3) is 0 Å². The summed E-state index contributed by atoms with van der Waals surface area (Å²) in [5.74, 6) is 4.33. The van der Waals surface area contributed by atoms with Crippen LogP contribution in [0.15, 0.2) is 61.4 Å². The molecule has 0 radical (unpaired) electrons. The number of aliphatic hydroxyl groups excluding tert-OH is 2. The fraction of sp³-hybridized carbons (Fsp3) is 0.465. The second-order valence-electron chi connectivity index (χ2n) is 15.0. The highest BCUT2D eigenvalue weighted by Crippen LogP contribution is 2.27. The molecule has 2 saturated heterocycles. The fourth-order valence-electron chi connectivity index (χ4n) is 7.58. The highest BCUT2D eigenvalue weighted by atomic mass is 16.3. The van der Waals surface area contributed by atoms with Crippen molar-refractivity contribution in [3.8, 4) is 0 Å². The largest absolute Gasteiger partial charge is 0.397 e. The predicted octanol–water partition coefficient (Wildman–Crippen LogP) is 5.83. The number of hydrogen-bond donors (Lipinski definition) is 5. The average Bonchev–Trinajstić information content (AvgIpc) is 4.02. The van der Waals surface area contributed by atoms with Crippen LogP contribution in [0.4, 0.5) is 29.2 Å². The predicted molar refractivity (Wildman–Crippen MR) is 238 cm³/mol. The number of aliphatic hydroxyl groups is 2. The first kappa shape index (κ1) is 42.1. The number of rotatable bonds is 12. The van der Waals surface area contributed by atoms with E-state index in [1.165, 1.54) is 38.5 Å². The van der Waals surface area contributed by atoms with Gasteiger partial charge < -0.3 is 40.5 Å². The van der Waals surface area contributed by atoms with E-state index in [1.807, 2.05) is 51.8 Å². The zero-order valence-corrected chi connectivity index (χ0v) is 35.3. The lowest BCUT2D eigenvalue weighted by atomic mass is 10.1. The zero-order valence-electron chi connectivity index (χ0n) is 35.3. The number of aryl methyl sites for hydroxylation is 2. The Kier molecular flexibility index (Phi) is 14.2. The molecule has 6 aromatic heterocycles. The molecule has 2 aliphatic rings. The summed E-state index contributed by atoms with van der Waals surface area (Å²) in [5.41, 5.74) is 8.06. The smallest absolute Gasteiger partial charge is 0.222 e. The van der Waals surface area contributed by atoms with Gasteiger partial charge >= 0.3 is 0 Å². The molecule has 5 N–H and O–H groups in total. The second kappa shape index (κ2) is 20.3. The Morgan fingerprint density at radius 3 is 1.70 bits per heavy atom. The van der Waals surface area contributed by atoms with Crippen LogP contribution in [0.5, 0.6) is 0 Å².